The molecule has 1 N–H and O–H groups in total. The van der Waals surface area contributed by atoms with Crippen molar-refractivity contribution in [2.24, 2.45) is 0 Å². The zero-order valence-electron chi connectivity index (χ0n) is 14.8. The first kappa shape index (κ1) is 18.2. The van der Waals surface area contributed by atoms with Gasteiger partial charge in [0.1, 0.15) is 5.76 Å². The number of carbonyl (C=O) groups excluding carboxylic acids is 1. The Bertz CT molecular complexity index is 857. The van der Waals surface area contributed by atoms with E-state index in [0.29, 0.717) is 17.3 Å². The molecule has 5 heteroatoms. The van der Waals surface area contributed by atoms with Gasteiger partial charge in [-0.25, -0.2) is 0 Å². The van der Waals surface area contributed by atoms with Gasteiger partial charge in [-0.1, -0.05) is 41.9 Å². The molecule has 3 aromatic rings. The molecule has 0 aliphatic rings. The van der Waals surface area contributed by atoms with Crippen LogP contribution < -0.4 is 5.32 Å². The molecule has 2 aromatic carbocycles. The molecule has 0 saturated carbocycles. The van der Waals surface area contributed by atoms with Gasteiger partial charge in [0.05, 0.1) is 6.04 Å². The second-order valence-corrected chi connectivity index (χ2v) is 6.81. The number of carbonyl (C=O) groups is 1. The lowest BCUT2D eigenvalue weighted by molar-refractivity contribution is 0.0902. The van der Waals surface area contributed by atoms with Crippen LogP contribution in [0.1, 0.15) is 22.2 Å². The minimum atomic E-state index is -0.235. The van der Waals surface area contributed by atoms with Crippen molar-refractivity contribution < 1.29 is 9.21 Å². The number of likely N-dealkylation sites (N-methyl/N-ethyl adjacent to an activating group) is 1. The summed E-state index contributed by atoms with van der Waals surface area (Å²) in [6.07, 6.45) is 0. The van der Waals surface area contributed by atoms with Gasteiger partial charge in [-0.15, -0.1) is 0 Å². The molecule has 0 radical (unpaired) electrons. The van der Waals surface area contributed by atoms with Crippen LogP contribution in [0, 0.1) is 0 Å². The van der Waals surface area contributed by atoms with Crippen molar-refractivity contribution in [3.63, 3.8) is 0 Å². The van der Waals surface area contributed by atoms with Crippen molar-refractivity contribution in [2.45, 2.75) is 6.04 Å². The Balaban J connectivity index is 1.76. The Kier molecular flexibility index (Phi) is 5.76. The number of hydrogen-bond acceptors (Lipinski definition) is 3. The van der Waals surface area contributed by atoms with E-state index in [2.05, 4.69) is 5.32 Å². The molecule has 0 aliphatic heterocycles. The van der Waals surface area contributed by atoms with Crippen LogP contribution in [0.5, 0.6) is 0 Å². The Morgan fingerprint density at radius 2 is 1.73 bits per heavy atom. The van der Waals surface area contributed by atoms with Crippen LogP contribution in [-0.4, -0.2) is 31.4 Å². The van der Waals surface area contributed by atoms with Crippen molar-refractivity contribution in [3.05, 3.63) is 83.1 Å². The SMILES string of the molecule is CN(C)CC(NC(=O)c1ccc(-c2ccc(Cl)cc2)o1)c1ccccc1. The maximum Gasteiger partial charge on any atom is 0.287 e. The number of rotatable bonds is 6. The molecule has 0 spiro atoms. The van der Waals surface area contributed by atoms with Crippen LogP contribution in [0.25, 0.3) is 11.3 Å². The molecule has 1 unspecified atom stereocenters. The molecule has 1 atom stereocenters. The number of halogens is 1. The largest absolute Gasteiger partial charge is 0.451 e. The summed E-state index contributed by atoms with van der Waals surface area (Å²) in [5, 5.41) is 3.72. The number of nitrogens with zero attached hydrogens (tertiary/aromatic N) is 1. The Morgan fingerprint density at radius 3 is 2.38 bits per heavy atom. The normalized spacial score (nSPS) is 12.2. The molecule has 1 aromatic heterocycles. The van der Waals surface area contributed by atoms with Gasteiger partial charge in [0.15, 0.2) is 5.76 Å². The second kappa shape index (κ2) is 8.21. The van der Waals surface area contributed by atoms with E-state index in [1.807, 2.05) is 61.5 Å². The average molecular weight is 369 g/mol. The highest BCUT2D eigenvalue weighted by Gasteiger charge is 2.19. The van der Waals surface area contributed by atoms with Crippen LogP contribution in [0.2, 0.25) is 5.02 Å². The van der Waals surface area contributed by atoms with Gasteiger partial charge in [-0.2, -0.15) is 0 Å². The van der Waals surface area contributed by atoms with E-state index in [9.17, 15) is 4.79 Å². The average Bonchev–Trinajstić information content (AvgIpc) is 3.12. The van der Waals surface area contributed by atoms with Crippen molar-refractivity contribution in [1.29, 1.82) is 0 Å². The maximum atomic E-state index is 12.7. The summed E-state index contributed by atoms with van der Waals surface area (Å²) in [5.74, 6) is 0.686. The molecule has 0 fully saturated rings. The van der Waals surface area contributed by atoms with Gasteiger partial charge >= 0.3 is 0 Å². The predicted octanol–water partition coefficient (Wildman–Crippen LogP) is 4.63. The Hall–Kier alpha value is -2.56. The summed E-state index contributed by atoms with van der Waals surface area (Å²) in [4.78, 5) is 14.7. The van der Waals surface area contributed by atoms with Crippen molar-refractivity contribution in [3.8, 4) is 11.3 Å². The van der Waals surface area contributed by atoms with E-state index in [-0.39, 0.29) is 17.7 Å². The van der Waals surface area contributed by atoms with E-state index >= 15 is 0 Å². The molecular formula is C21H21ClN2O2. The fourth-order valence-corrected chi connectivity index (χ4v) is 2.87. The van der Waals surface area contributed by atoms with Gasteiger partial charge in [-0.05, 0) is 56.1 Å². The van der Waals surface area contributed by atoms with E-state index < -0.39 is 0 Å². The summed E-state index contributed by atoms with van der Waals surface area (Å²) in [6, 6.07) is 20.6. The van der Waals surface area contributed by atoms with E-state index in [0.717, 1.165) is 11.1 Å². The number of furan rings is 1. The molecule has 0 saturated heterocycles. The van der Waals surface area contributed by atoms with Crippen LogP contribution in [-0.2, 0) is 0 Å². The van der Waals surface area contributed by atoms with Crippen molar-refractivity contribution in [2.75, 3.05) is 20.6 Å². The quantitative estimate of drug-likeness (QED) is 0.689. The first-order valence-electron chi connectivity index (χ1n) is 8.39. The third-order valence-corrected chi connectivity index (χ3v) is 4.27. The van der Waals surface area contributed by atoms with Gasteiger partial charge < -0.3 is 14.6 Å². The molecule has 4 nitrogen and oxygen atoms in total. The molecule has 0 bridgehead atoms. The fourth-order valence-electron chi connectivity index (χ4n) is 2.74. The zero-order chi connectivity index (χ0) is 18.5. The third-order valence-electron chi connectivity index (χ3n) is 4.01. The van der Waals surface area contributed by atoms with Crippen LogP contribution >= 0.6 is 11.6 Å². The number of amides is 1. The molecule has 26 heavy (non-hydrogen) atoms. The molecule has 1 heterocycles. The van der Waals surface area contributed by atoms with Crippen LogP contribution in [0.4, 0.5) is 0 Å². The summed E-state index contributed by atoms with van der Waals surface area (Å²) >= 11 is 5.91. The van der Waals surface area contributed by atoms with Gasteiger partial charge in [0.25, 0.3) is 5.91 Å². The highest BCUT2D eigenvalue weighted by molar-refractivity contribution is 6.30. The summed E-state index contributed by atoms with van der Waals surface area (Å²) in [7, 11) is 3.96. The first-order chi connectivity index (χ1) is 12.5. The highest BCUT2D eigenvalue weighted by atomic mass is 35.5. The minimum absolute atomic E-state index is 0.122. The first-order valence-corrected chi connectivity index (χ1v) is 8.77. The molecule has 0 aliphatic carbocycles. The lowest BCUT2D eigenvalue weighted by Crippen LogP contribution is -2.35. The van der Waals surface area contributed by atoms with E-state index in [4.69, 9.17) is 16.0 Å². The van der Waals surface area contributed by atoms with E-state index in [1.165, 1.54) is 0 Å². The lowest BCUT2D eigenvalue weighted by atomic mass is 10.1. The number of nitrogens with one attached hydrogen (secondary N) is 1. The maximum absolute atomic E-state index is 12.7. The summed E-state index contributed by atoms with van der Waals surface area (Å²) < 4.78 is 5.74. The summed E-state index contributed by atoms with van der Waals surface area (Å²) in [5.41, 5.74) is 1.93. The monoisotopic (exact) mass is 368 g/mol. The second-order valence-electron chi connectivity index (χ2n) is 6.37. The summed E-state index contributed by atoms with van der Waals surface area (Å²) in [6.45, 7) is 0.695. The van der Waals surface area contributed by atoms with E-state index in [1.54, 1.807) is 24.3 Å². The van der Waals surface area contributed by atoms with Gasteiger partial charge in [0.2, 0.25) is 0 Å². The third kappa shape index (κ3) is 4.54. The van der Waals surface area contributed by atoms with Crippen molar-refractivity contribution in [1.82, 2.24) is 10.2 Å². The molecule has 134 valence electrons. The van der Waals surface area contributed by atoms with Crippen LogP contribution in [0.3, 0.4) is 0 Å². The molecule has 3 rings (SSSR count). The Labute approximate surface area is 158 Å². The minimum Gasteiger partial charge on any atom is -0.451 e. The predicted molar refractivity (Wildman–Crippen MR) is 104 cm³/mol. The standard InChI is InChI=1S/C21H21ClN2O2/c1-24(2)14-18(15-6-4-3-5-7-15)23-21(25)20-13-12-19(26-20)16-8-10-17(22)11-9-16/h3-13,18H,14H2,1-2H3,(H,23,25). The topological polar surface area (TPSA) is 45.5 Å². The molecule has 1 amide bonds. The van der Waals surface area contributed by atoms with Gasteiger partial charge in [-0.3, -0.25) is 4.79 Å². The van der Waals surface area contributed by atoms with Crippen molar-refractivity contribution >= 4 is 17.5 Å². The number of hydrogen-bond donors (Lipinski definition) is 1. The number of benzene rings is 2. The van der Waals surface area contributed by atoms with Gasteiger partial charge in [0, 0.05) is 17.1 Å². The lowest BCUT2D eigenvalue weighted by Gasteiger charge is -2.22. The highest BCUT2D eigenvalue weighted by Crippen LogP contribution is 2.24. The molecular weight excluding hydrogens is 348 g/mol. The fraction of sp³-hybridized carbons (Fsp3) is 0.190. The van der Waals surface area contributed by atoms with Crippen LogP contribution in [0.15, 0.2) is 71.1 Å². The Morgan fingerprint density at radius 1 is 1.04 bits per heavy atom. The smallest absolute Gasteiger partial charge is 0.287 e. The zero-order valence-corrected chi connectivity index (χ0v) is 15.5.